The maximum atomic E-state index is 13.8. The first-order valence-corrected chi connectivity index (χ1v) is 15.2. The molecule has 43 heavy (non-hydrogen) atoms. The van der Waals surface area contributed by atoms with Gasteiger partial charge in [-0.05, 0) is 63.1 Å². The number of carbonyl (C=O) groups excluding carboxylic acids is 3. The van der Waals surface area contributed by atoms with Crippen molar-refractivity contribution in [3.8, 4) is 11.5 Å². The van der Waals surface area contributed by atoms with Gasteiger partial charge in [-0.3, -0.25) is 19.3 Å². The molecule has 1 aliphatic carbocycles. The molecular formula is C31H46N4O8. The minimum Gasteiger partial charge on any atom is -0.504 e. The van der Waals surface area contributed by atoms with E-state index in [0.717, 1.165) is 31.3 Å². The van der Waals surface area contributed by atoms with Crippen LogP contribution in [0, 0.1) is 0 Å². The standard InChI is InChI=1S/C31H46N4O8/c1-31(20-43-31)29(39)24(14-21-6-4-3-5-7-21)34-30(40)25(15-22-8-9-27(41-2)26(37)16-22)32-17-23(19-36)33-28(38)18-35-10-12-42-13-11-35/h6,8-9,16,23-25,32,36-37H,3-5,7,10-15,17-20H2,1-2H3,(H,33,38)(H,34,40)/t23-,24+,25+,31-/m1/s1. The molecule has 0 bridgehead atoms. The van der Waals surface area contributed by atoms with Gasteiger partial charge in [0.2, 0.25) is 11.8 Å². The molecule has 1 aromatic rings. The molecule has 238 valence electrons. The quantitative estimate of drug-likeness (QED) is 0.133. The number of morpholine rings is 1. The van der Waals surface area contributed by atoms with Gasteiger partial charge < -0.3 is 40.4 Å². The van der Waals surface area contributed by atoms with Gasteiger partial charge in [-0.25, -0.2) is 0 Å². The Hall–Kier alpha value is -3.03. The number of aromatic hydroxyl groups is 1. The predicted molar refractivity (Wildman–Crippen MR) is 159 cm³/mol. The number of rotatable bonds is 16. The molecule has 2 heterocycles. The second-order valence-corrected chi connectivity index (χ2v) is 11.8. The van der Waals surface area contributed by atoms with Crippen molar-refractivity contribution in [2.75, 3.05) is 59.7 Å². The smallest absolute Gasteiger partial charge is 0.238 e. The summed E-state index contributed by atoms with van der Waals surface area (Å²) < 4.78 is 15.9. The van der Waals surface area contributed by atoms with Crippen LogP contribution in [0.25, 0.3) is 0 Å². The average Bonchev–Trinajstić information content (AvgIpc) is 3.77. The summed E-state index contributed by atoms with van der Waals surface area (Å²) in [5.74, 6) is -0.528. The number of hydrogen-bond acceptors (Lipinski definition) is 10. The number of phenolic OH excluding ortho intramolecular Hbond substituents is 1. The summed E-state index contributed by atoms with van der Waals surface area (Å²) >= 11 is 0. The van der Waals surface area contributed by atoms with E-state index in [2.05, 4.69) is 22.0 Å². The van der Waals surface area contributed by atoms with E-state index in [1.807, 2.05) is 4.90 Å². The first-order valence-electron chi connectivity index (χ1n) is 15.2. The lowest BCUT2D eigenvalue weighted by Crippen LogP contribution is -2.56. The van der Waals surface area contributed by atoms with Gasteiger partial charge in [0.1, 0.15) is 5.60 Å². The van der Waals surface area contributed by atoms with E-state index in [1.165, 1.54) is 13.2 Å². The lowest BCUT2D eigenvalue weighted by atomic mass is 9.89. The lowest BCUT2D eigenvalue weighted by molar-refractivity contribution is -0.131. The highest BCUT2D eigenvalue weighted by atomic mass is 16.6. The average molecular weight is 603 g/mol. The normalized spacial score (nSPS) is 22.5. The summed E-state index contributed by atoms with van der Waals surface area (Å²) in [6.45, 7) is 4.50. The van der Waals surface area contributed by atoms with Gasteiger partial charge in [0.25, 0.3) is 0 Å². The van der Waals surface area contributed by atoms with Crippen LogP contribution >= 0.6 is 0 Å². The third-order valence-electron chi connectivity index (χ3n) is 8.25. The van der Waals surface area contributed by atoms with E-state index in [9.17, 15) is 24.6 Å². The highest BCUT2D eigenvalue weighted by Gasteiger charge is 2.50. The van der Waals surface area contributed by atoms with E-state index < -0.39 is 29.6 Å². The fraction of sp³-hybridized carbons (Fsp3) is 0.645. The van der Waals surface area contributed by atoms with Crippen LogP contribution in [0.1, 0.15) is 44.6 Å². The number of epoxide rings is 1. The van der Waals surface area contributed by atoms with Crippen LogP contribution in [0.3, 0.4) is 0 Å². The Balaban J connectivity index is 1.45. The number of allylic oxidation sites excluding steroid dienone is 1. The van der Waals surface area contributed by atoms with Crippen molar-refractivity contribution < 1.29 is 38.8 Å². The molecule has 2 amide bonds. The highest BCUT2D eigenvalue weighted by Crippen LogP contribution is 2.31. The zero-order valence-electron chi connectivity index (χ0n) is 25.2. The van der Waals surface area contributed by atoms with Crippen molar-refractivity contribution in [1.82, 2.24) is 20.9 Å². The van der Waals surface area contributed by atoms with Crippen molar-refractivity contribution in [1.29, 1.82) is 0 Å². The molecule has 3 aliphatic rings. The van der Waals surface area contributed by atoms with Crippen LogP contribution in [0.4, 0.5) is 0 Å². The fourth-order valence-corrected chi connectivity index (χ4v) is 5.49. The Morgan fingerprint density at radius 1 is 1.12 bits per heavy atom. The van der Waals surface area contributed by atoms with Crippen LogP contribution < -0.4 is 20.7 Å². The van der Waals surface area contributed by atoms with E-state index in [0.29, 0.717) is 50.6 Å². The number of ether oxygens (including phenoxy) is 3. The number of phenols is 1. The summed E-state index contributed by atoms with van der Waals surface area (Å²) in [5, 5.41) is 29.3. The summed E-state index contributed by atoms with van der Waals surface area (Å²) in [5.41, 5.74) is 0.921. The Kier molecular flexibility index (Phi) is 11.9. The van der Waals surface area contributed by atoms with Crippen molar-refractivity contribution in [3.63, 3.8) is 0 Å². The first kappa shape index (κ1) is 32.9. The van der Waals surface area contributed by atoms with Gasteiger partial charge >= 0.3 is 0 Å². The van der Waals surface area contributed by atoms with Crippen molar-refractivity contribution >= 4 is 17.6 Å². The maximum absolute atomic E-state index is 13.8. The Bertz CT molecular complexity index is 1150. The summed E-state index contributed by atoms with van der Waals surface area (Å²) in [7, 11) is 1.46. The first-order chi connectivity index (χ1) is 20.7. The molecule has 1 aromatic carbocycles. The summed E-state index contributed by atoms with van der Waals surface area (Å²) in [6.07, 6.45) is 6.80. The minimum atomic E-state index is -0.898. The van der Waals surface area contributed by atoms with Gasteiger partial charge in [-0.15, -0.1) is 0 Å². The van der Waals surface area contributed by atoms with Crippen molar-refractivity contribution in [3.05, 3.63) is 35.4 Å². The number of aliphatic hydroxyl groups is 1. The Morgan fingerprint density at radius 3 is 2.51 bits per heavy atom. The van der Waals surface area contributed by atoms with Crippen LogP contribution in [-0.2, 0) is 30.3 Å². The molecule has 0 spiro atoms. The number of methoxy groups -OCH3 is 1. The molecule has 5 N–H and O–H groups in total. The zero-order valence-corrected chi connectivity index (χ0v) is 25.2. The van der Waals surface area contributed by atoms with Crippen molar-refractivity contribution in [2.24, 2.45) is 0 Å². The van der Waals surface area contributed by atoms with Gasteiger partial charge in [-0.2, -0.15) is 0 Å². The number of amides is 2. The number of ketones is 1. The molecule has 4 atom stereocenters. The molecule has 0 radical (unpaired) electrons. The summed E-state index contributed by atoms with van der Waals surface area (Å²) in [6, 6.07) is 2.68. The second-order valence-electron chi connectivity index (χ2n) is 11.8. The predicted octanol–water partition coefficient (Wildman–Crippen LogP) is 0.444. The highest BCUT2D eigenvalue weighted by molar-refractivity contribution is 5.97. The van der Waals surface area contributed by atoms with Gasteiger partial charge in [0.15, 0.2) is 17.3 Å². The zero-order chi connectivity index (χ0) is 30.8. The van der Waals surface area contributed by atoms with E-state index in [1.54, 1.807) is 19.1 Å². The number of nitrogens with one attached hydrogen (secondary N) is 3. The molecule has 2 fully saturated rings. The van der Waals surface area contributed by atoms with Crippen molar-refractivity contribution in [2.45, 2.75) is 69.2 Å². The number of hydrogen-bond donors (Lipinski definition) is 5. The largest absolute Gasteiger partial charge is 0.504 e. The third-order valence-corrected chi connectivity index (χ3v) is 8.25. The second kappa shape index (κ2) is 15.6. The van der Waals surface area contributed by atoms with Gasteiger partial charge in [0, 0.05) is 19.6 Å². The topological polar surface area (TPSA) is 162 Å². The lowest BCUT2D eigenvalue weighted by Gasteiger charge is -2.28. The fourth-order valence-electron chi connectivity index (χ4n) is 5.49. The van der Waals surface area contributed by atoms with Crippen LogP contribution in [-0.4, -0.2) is 116 Å². The SMILES string of the molecule is COc1ccc(C[C@H](NC[C@H](CO)NC(=O)CN2CCOCC2)C(=O)N[C@@H](CC2=CCCCC2)C(=O)[C@@]2(C)CO2)cc1O. The third kappa shape index (κ3) is 9.73. The number of aliphatic hydroxyl groups excluding tert-OH is 1. The molecule has 2 aliphatic heterocycles. The number of nitrogens with zero attached hydrogens (tertiary/aromatic N) is 1. The van der Waals surface area contributed by atoms with Crippen LogP contribution in [0.5, 0.6) is 11.5 Å². The number of carbonyl (C=O) groups is 3. The molecule has 12 heteroatoms. The van der Waals surface area contributed by atoms with E-state index >= 15 is 0 Å². The van der Waals surface area contributed by atoms with E-state index in [-0.39, 0.29) is 43.6 Å². The molecule has 0 unspecified atom stereocenters. The Morgan fingerprint density at radius 2 is 1.88 bits per heavy atom. The Labute approximate surface area is 253 Å². The number of Topliss-reactive ketones (excluding diaryl/α,β-unsaturated/α-hetero) is 1. The van der Waals surface area contributed by atoms with Gasteiger partial charge in [0.05, 0.1) is 58.2 Å². The molecule has 2 saturated heterocycles. The molecule has 4 rings (SSSR count). The van der Waals surface area contributed by atoms with Crippen LogP contribution in [0.15, 0.2) is 29.8 Å². The number of benzene rings is 1. The summed E-state index contributed by atoms with van der Waals surface area (Å²) in [4.78, 5) is 41.8. The molecule has 0 aromatic heterocycles. The van der Waals surface area contributed by atoms with Gasteiger partial charge in [-0.1, -0.05) is 17.7 Å². The van der Waals surface area contributed by atoms with E-state index in [4.69, 9.17) is 14.2 Å². The molecule has 12 nitrogen and oxygen atoms in total. The maximum Gasteiger partial charge on any atom is 0.238 e. The monoisotopic (exact) mass is 602 g/mol. The molecule has 0 saturated carbocycles. The minimum absolute atomic E-state index is 0.0566. The van der Waals surface area contributed by atoms with Crippen LogP contribution in [0.2, 0.25) is 0 Å². The molecular weight excluding hydrogens is 556 g/mol.